The second-order valence-corrected chi connectivity index (χ2v) is 9.84. The van der Waals surface area contributed by atoms with Crippen LogP contribution in [0.2, 0.25) is 0 Å². The summed E-state index contributed by atoms with van der Waals surface area (Å²) >= 11 is 0. The highest BCUT2D eigenvalue weighted by molar-refractivity contribution is 6.01. The number of anilines is 1. The van der Waals surface area contributed by atoms with Crippen molar-refractivity contribution in [2.75, 3.05) is 5.32 Å². The van der Waals surface area contributed by atoms with Gasteiger partial charge >= 0.3 is 6.18 Å². The molecule has 1 aromatic carbocycles. The molecule has 34 heavy (non-hydrogen) atoms. The lowest BCUT2D eigenvalue weighted by Crippen LogP contribution is -2.37. The van der Waals surface area contributed by atoms with Crippen LogP contribution in [0.25, 0.3) is 5.69 Å². The molecule has 4 rings (SSSR count). The SMILES string of the molecule is CC1(C)CC(=O)c2c(C(F)(F)F)nn(-c3cc(F)c(C(N)=O)c(NC4CCCCC4O)c3)c2C1. The molecule has 2 unspecified atom stereocenters. The van der Waals surface area contributed by atoms with Gasteiger partial charge in [0.1, 0.15) is 5.82 Å². The van der Waals surface area contributed by atoms with Gasteiger partial charge in [-0.1, -0.05) is 26.7 Å². The molecule has 7 nitrogen and oxygen atoms in total. The number of nitrogens with two attached hydrogens (primary N) is 1. The molecule has 0 saturated heterocycles. The van der Waals surface area contributed by atoms with Crippen LogP contribution in [-0.4, -0.2) is 38.7 Å². The molecule has 1 fully saturated rings. The molecule has 0 radical (unpaired) electrons. The highest BCUT2D eigenvalue weighted by Crippen LogP contribution is 2.42. The third-order valence-corrected chi connectivity index (χ3v) is 6.45. The molecular formula is C23H26F4N4O3. The Morgan fingerprint density at radius 2 is 1.91 bits per heavy atom. The third kappa shape index (κ3) is 4.40. The zero-order chi connectivity index (χ0) is 25.0. The Kier molecular flexibility index (Phi) is 5.95. The van der Waals surface area contributed by atoms with Crippen molar-refractivity contribution in [3.63, 3.8) is 0 Å². The third-order valence-electron chi connectivity index (χ3n) is 6.45. The van der Waals surface area contributed by atoms with Crippen molar-refractivity contribution in [2.24, 2.45) is 11.1 Å². The van der Waals surface area contributed by atoms with Gasteiger partial charge in [-0.05, 0) is 30.7 Å². The van der Waals surface area contributed by atoms with Crippen molar-refractivity contribution in [3.05, 3.63) is 40.5 Å². The molecule has 2 atom stereocenters. The molecule has 2 aromatic rings. The summed E-state index contributed by atoms with van der Waals surface area (Å²) in [6, 6.07) is 1.67. The minimum atomic E-state index is -4.88. The van der Waals surface area contributed by atoms with E-state index < -0.39 is 58.1 Å². The number of Topliss-reactive ketones (excluding diaryl/α,β-unsaturated/α-hetero) is 1. The Morgan fingerprint density at radius 3 is 2.53 bits per heavy atom. The fraction of sp³-hybridized carbons (Fsp3) is 0.522. The second-order valence-electron chi connectivity index (χ2n) is 9.84. The molecule has 2 aliphatic rings. The van der Waals surface area contributed by atoms with Crippen LogP contribution < -0.4 is 11.1 Å². The quantitative estimate of drug-likeness (QED) is 0.571. The summed E-state index contributed by atoms with van der Waals surface area (Å²) in [6.45, 7) is 3.51. The number of primary amides is 1. The zero-order valence-corrected chi connectivity index (χ0v) is 18.8. The lowest BCUT2D eigenvalue weighted by atomic mass is 9.75. The van der Waals surface area contributed by atoms with Crippen molar-refractivity contribution in [1.82, 2.24) is 9.78 Å². The number of hydrogen-bond donors (Lipinski definition) is 3. The van der Waals surface area contributed by atoms with Gasteiger partial charge < -0.3 is 16.2 Å². The summed E-state index contributed by atoms with van der Waals surface area (Å²) in [7, 11) is 0. The fourth-order valence-corrected chi connectivity index (χ4v) is 4.92. The van der Waals surface area contributed by atoms with Crippen molar-refractivity contribution < 1.29 is 32.3 Å². The number of rotatable bonds is 4. The predicted molar refractivity (Wildman–Crippen MR) is 115 cm³/mol. The number of ketones is 1. The monoisotopic (exact) mass is 482 g/mol. The topological polar surface area (TPSA) is 110 Å². The maximum absolute atomic E-state index is 15.1. The summed E-state index contributed by atoms with van der Waals surface area (Å²) < 4.78 is 57.2. The normalized spacial score (nSPS) is 22.4. The number of nitrogens with zero attached hydrogens (tertiary/aromatic N) is 2. The summed E-state index contributed by atoms with van der Waals surface area (Å²) in [4.78, 5) is 24.6. The first-order valence-corrected chi connectivity index (χ1v) is 11.1. The van der Waals surface area contributed by atoms with Gasteiger partial charge in [0, 0.05) is 12.5 Å². The van der Waals surface area contributed by atoms with E-state index in [1.54, 1.807) is 13.8 Å². The van der Waals surface area contributed by atoms with Gasteiger partial charge in [0.15, 0.2) is 11.5 Å². The summed E-state index contributed by atoms with van der Waals surface area (Å²) in [5, 5.41) is 16.9. The Labute approximate surface area is 193 Å². The van der Waals surface area contributed by atoms with Crippen LogP contribution in [0.3, 0.4) is 0 Å². The number of halogens is 4. The number of benzene rings is 1. The molecule has 1 heterocycles. The summed E-state index contributed by atoms with van der Waals surface area (Å²) in [6.07, 6.45) is -2.88. The van der Waals surface area contributed by atoms with Crippen LogP contribution in [0.5, 0.6) is 0 Å². The predicted octanol–water partition coefficient (Wildman–Crippen LogP) is 4.00. The fourth-order valence-electron chi connectivity index (χ4n) is 4.92. The highest BCUT2D eigenvalue weighted by Gasteiger charge is 2.45. The first-order chi connectivity index (χ1) is 15.8. The number of carbonyl (C=O) groups excluding carboxylic acids is 2. The zero-order valence-electron chi connectivity index (χ0n) is 18.8. The Balaban J connectivity index is 1.89. The minimum Gasteiger partial charge on any atom is -0.391 e. The van der Waals surface area contributed by atoms with E-state index in [2.05, 4.69) is 10.4 Å². The van der Waals surface area contributed by atoms with E-state index in [4.69, 9.17) is 5.73 Å². The standard InChI is InChI=1S/C23H26F4N4O3/c1-22(2)9-15-19(17(33)10-22)20(23(25,26)27)30-31(15)11-7-12(24)18(21(28)34)14(8-11)29-13-5-3-4-6-16(13)32/h7-8,13,16,29,32H,3-6,9-10H2,1-2H3,(H2,28,34). The van der Waals surface area contributed by atoms with E-state index in [-0.39, 0.29) is 29.9 Å². The number of hydrogen-bond acceptors (Lipinski definition) is 5. The Hall–Kier alpha value is -2.95. The summed E-state index contributed by atoms with van der Waals surface area (Å²) in [5.74, 6) is -2.79. The molecule has 1 amide bonds. The Bertz CT molecular complexity index is 1160. The molecule has 1 aromatic heterocycles. The highest BCUT2D eigenvalue weighted by atomic mass is 19.4. The Morgan fingerprint density at radius 1 is 1.24 bits per heavy atom. The van der Waals surface area contributed by atoms with E-state index >= 15 is 4.39 Å². The number of aromatic nitrogens is 2. The van der Waals surface area contributed by atoms with Gasteiger partial charge in [-0.15, -0.1) is 0 Å². The van der Waals surface area contributed by atoms with Crippen LogP contribution in [0, 0.1) is 11.2 Å². The van der Waals surface area contributed by atoms with E-state index in [9.17, 15) is 27.9 Å². The van der Waals surface area contributed by atoms with Crippen LogP contribution >= 0.6 is 0 Å². The van der Waals surface area contributed by atoms with E-state index in [1.807, 2.05) is 0 Å². The van der Waals surface area contributed by atoms with Crippen LogP contribution in [0.1, 0.15) is 78.1 Å². The number of aliphatic hydroxyl groups is 1. The molecule has 11 heteroatoms. The average Bonchev–Trinajstić information content (AvgIpc) is 3.08. The maximum atomic E-state index is 15.1. The minimum absolute atomic E-state index is 0.0310. The van der Waals surface area contributed by atoms with Gasteiger partial charge in [0.2, 0.25) is 0 Å². The molecule has 2 aliphatic carbocycles. The summed E-state index contributed by atoms with van der Waals surface area (Å²) in [5.41, 5.74) is 2.35. The van der Waals surface area contributed by atoms with Gasteiger partial charge in [-0.25, -0.2) is 9.07 Å². The smallest absolute Gasteiger partial charge is 0.391 e. The largest absolute Gasteiger partial charge is 0.435 e. The molecular weight excluding hydrogens is 456 g/mol. The molecule has 184 valence electrons. The van der Waals surface area contributed by atoms with E-state index in [0.717, 1.165) is 23.6 Å². The van der Waals surface area contributed by atoms with E-state index in [1.165, 1.54) is 6.07 Å². The lowest BCUT2D eigenvalue weighted by molar-refractivity contribution is -0.141. The second kappa shape index (κ2) is 8.37. The van der Waals surface area contributed by atoms with Gasteiger partial charge in [0.25, 0.3) is 5.91 Å². The molecule has 1 saturated carbocycles. The number of carbonyl (C=O) groups is 2. The van der Waals surface area contributed by atoms with Crippen molar-refractivity contribution >= 4 is 17.4 Å². The van der Waals surface area contributed by atoms with Crippen LogP contribution in [0.4, 0.5) is 23.2 Å². The first kappa shape index (κ1) is 24.2. The first-order valence-electron chi connectivity index (χ1n) is 11.1. The molecule has 0 spiro atoms. The number of aliphatic hydroxyl groups excluding tert-OH is 1. The maximum Gasteiger partial charge on any atom is 0.435 e. The number of alkyl halides is 3. The van der Waals surface area contributed by atoms with Crippen LogP contribution in [-0.2, 0) is 12.6 Å². The van der Waals surface area contributed by atoms with Gasteiger partial charge in [-0.2, -0.15) is 18.3 Å². The van der Waals surface area contributed by atoms with Gasteiger partial charge in [-0.3, -0.25) is 9.59 Å². The number of fused-ring (bicyclic) bond motifs is 1. The lowest BCUT2D eigenvalue weighted by Gasteiger charge is -2.30. The van der Waals surface area contributed by atoms with Crippen molar-refractivity contribution in [2.45, 2.75) is 70.7 Å². The molecule has 0 bridgehead atoms. The average molecular weight is 482 g/mol. The number of nitrogens with one attached hydrogen (secondary N) is 1. The van der Waals surface area contributed by atoms with Gasteiger partial charge in [0.05, 0.1) is 40.3 Å². The van der Waals surface area contributed by atoms with E-state index in [0.29, 0.717) is 12.8 Å². The van der Waals surface area contributed by atoms with Crippen molar-refractivity contribution in [3.8, 4) is 5.69 Å². The van der Waals surface area contributed by atoms with Crippen molar-refractivity contribution in [1.29, 1.82) is 0 Å². The molecule has 0 aliphatic heterocycles. The number of amides is 1. The van der Waals surface area contributed by atoms with Crippen LogP contribution in [0.15, 0.2) is 12.1 Å². The molecule has 4 N–H and O–H groups in total.